The van der Waals surface area contributed by atoms with Crippen LogP contribution in [-0.4, -0.2) is 71.2 Å². The summed E-state index contributed by atoms with van der Waals surface area (Å²) in [5, 5.41) is 16.4. The number of likely N-dealkylation sites (N-methyl/N-ethyl adjacent to an activating group) is 1. The number of carbonyl (C=O) groups is 1. The molecule has 0 radical (unpaired) electrons. The molecule has 44 heavy (non-hydrogen) atoms. The van der Waals surface area contributed by atoms with Gasteiger partial charge in [-0.05, 0) is 58.0 Å². The SMILES string of the molecule is C=CC(=O)Nc1cc(Nc2ncnc(NNc3cc(F)c(F)cc3C(C)(C)O)n2)c(OC)cc1N(C)CCN1CCCCC1. The average Bonchev–Trinajstić information content (AvgIpc) is 3.00. The Bertz CT molecular complexity index is 1480. The number of amides is 1. The molecule has 0 spiro atoms. The number of nitrogens with one attached hydrogen (secondary N) is 4. The molecule has 1 aliphatic rings. The van der Waals surface area contributed by atoms with Gasteiger partial charge in [-0.1, -0.05) is 13.0 Å². The van der Waals surface area contributed by atoms with E-state index >= 15 is 0 Å². The van der Waals surface area contributed by atoms with Crippen LogP contribution in [0.5, 0.6) is 5.75 Å². The van der Waals surface area contributed by atoms with Crippen LogP contribution in [0, 0.1) is 11.6 Å². The zero-order chi connectivity index (χ0) is 31.9. The van der Waals surface area contributed by atoms with Gasteiger partial charge in [-0.15, -0.1) is 0 Å². The molecule has 0 saturated carbocycles. The van der Waals surface area contributed by atoms with Gasteiger partial charge in [0.2, 0.25) is 17.8 Å². The average molecular weight is 612 g/mol. The van der Waals surface area contributed by atoms with Crippen LogP contribution < -0.4 is 31.1 Å². The minimum Gasteiger partial charge on any atom is -0.494 e. The zero-order valence-electron chi connectivity index (χ0n) is 25.4. The molecule has 5 N–H and O–H groups in total. The molecule has 0 unspecified atom stereocenters. The summed E-state index contributed by atoms with van der Waals surface area (Å²) in [7, 11) is 3.50. The molecule has 3 aromatic rings. The predicted octanol–water partition coefficient (Wildman–Crippen LogP) is 4.62. The van der Waals surface area contributed by atoms with E-state index in [4.69, 9.17) is 4.74 Å². The van der Waals surface area contributed by atoms with Crippen LogP contribution in [0.25, 0.3) is 0 Å². The van der Waals surface area contributed by atoms with Gasteiger partial charge in [0.1, 0.15) is 12.1 Å². The molecule has 0 aliphatic carbocycles. The number of carbonyl (C=O) groups excluding carboxylic acids is 1. The number of aromatic nitrogens is 3. The van der Waals surface area contributed by atoms with Gasteiger partial charge < -0.3 is 30.3 Å². The van der Waals surface area contributed by atoms with Crippen molar-refractivity contribution in [1.82, 2.24) is 19.9 Å². The van der Waals surface area contributed by atoms with Crippen molar-refractivity contribution >= 4 is 40.6 Å². The van der Waals surface area contributed by atoms with Crippen molar-refractivity contribution in [3.8, 4) is 5.75 Å². The monoisotopic (exact) mass is 611 g/mol. The molecule has 1 amide bonds. The maximum absolute atomic E-state index is 14.0. The van der Waals surface area contributed by atoms with E-state index in [1.54, 1.807) is 6.07 Å². The molecule has 0 bridgehead atoms. The predicted molar refractivity (Wildman–Crippen MR) is 167 cm³/mol. The highest BCUT2D eigenvalue weighted by Crippen LogP contribution is 2.38. The molecule has 1 aliphatic heterocycles. The second kappa shape index (κ2) is 14.3. The van der Waals surface area contributed by atoms with Gasteiger partial charge in [0.25, 0.3) is 0 Å². The third kappa shape index (κ3) is 8.29. The molecule has 1 saturated heterocycles. The fraction of sp³-hybridized carbons (Fsp3) is 0.400. The van der Waals surface area contributed by atoms with Crippen LogP contribution in [0.2, 0.25) is 0 Å². The van der Waals surface area contributed by atoms with Crippen LogP contribution in [0.3, 0.4) is 0 Å². The normalized spacial score (nSPS) is 13.6. The number of ether oxygens (including phenoxy) is 1. The van der Waals surface area contributed by atoms with Gasteiger partial charge in [0.15, 0.2) is 11.6 Å². The fourth-order valence-corrected chi connectivity index (χ4v) is 4.85. The fourth-order valence-electron chi connectivity index (χ4n) is 4.85. The summed E-state index contributed by atoms with van der Waals surface area (Å²) >= 11 is 0. The summed E-state index contributed by atoms with van der Waals surface area (Å²) < 4.78 is 33.5. The standard InChI is InChI=1S/C30H39F2N9O3/c1-6-27(42)35-23-16-24(26(44-5)17-25(23)40(4)12-13-41-10-8-7-9-11-41)36-28-33-18-34-29(37-28)39-38-22-15-21(32)20(31)14-19(22)30(2,3)43/h6,14-18,38,43H,1,7-13H2,2-5H3,(H,35,42)(H2,33,34,36,37,39). The summed E-state index contributed by atoms with van der Waals surface area (Å²) in [6, 6.07) is 5.38. The highest BCUT2D eigenvalue weighted by Gasteiger charge is 2.23. The molecule has 12 nitrogen and oxygen atoms in total. The summed E-state index contributed by atoms with van der Waals surface area (Å²) in [6.45, 7) is 10.3. The number of aliphatic hydroxyl groups is 1. The van der Waals surface area contributed by atoms with Crippen LogP contribution in [0.4, 0.5) is 43.4 Å². The second-order valence-electron chi connectivity index (χ2n) is 11.0. The maximum atomic E-state index is 14.0. The van der Waals surface area contributed by atoms with E-state index in [0.717, 1.165) is 44.0 Å². The Morgan fingerprint density at radius 1 is 1.07 bits per heavy atom. The van der Waals surface area contributed by atoms with Crippen LogP contribution in [0.15, 0.2) is 43.2 Å². The van der Waals surface area contributed by atoms with Gasteiger partial charge in [-0.2, -0.15) is 9.97 Å². The molecule has 4 rings (SSSR count). The first kappa shape index (κ1) is 32.4. The lowest BCUT2D eigenvalue weighted by atomic mass is 9.96. The van der Waals surface area contributed by atoms with Crippen molar-refractivity contribution in [1.29, 1.82) is 0 Å². The smallest absolute Gasteiger partial charge is 0.247 e. The Hall–Kier alpha value is -4.56. The number of piperidine rings is 1. The molecule has 14 heteroatoms. The number of hydrogen-bond acceptors (Lipinski definition) is 11. The Morgan fingerprint density at radius 3 is 2.45 bits per heavy atom. The number of benzene rings is 2. The van der Waals surface area contributed by atoms with Gasteiger partial charge >= 0.3 is 0 Å². The zero-order valence-corrected chi connectivity index (χ0v) is 25.4. The van der Waals surface area contributed by atoms with Crippen molar-refractivity contribution in [2.24, 2.45) is 0 Å². The van der Waals surface area contributed by atoms with Crippen molar-refractivity contribution in [2.45, 2.75) is 38.7 Å². The number of rotatable bonds is 13. The van der Waals surface area contributed by atoms with Crippen LogP contribution >= 0.6 is 0 Å². The first-order chi connectivity index (χ1) is 21.0. The minimum atomic E-state index is -1.46. The Labute approximate surface area is 255 Å². The van der Waals surface area contributed by atoms with Crippen LogP contribution in [-0.2, 0) is 10.4 Å². The van der Waals surface area contributed by atoms with E-state index in [-0.39, 0.29) is 29.1 Å². The largest absolute Gasteiger partial charge is 0.494 e. The molecule has 2 heterocycles. The molecule has 0 atom stereocenters. The van der Waals surface area contributed by atoms with E-state index in [1.807, 2.05) is 13.1 Å². The van der Waals surface area contributed by atoms with E-state index in [9.17, 15) is 18.7 Å². The molecule has 2 aromatic carbocycles. The number of halogens is 2. The van der Waals surface area contributed by atoms with Crippen LogP contribution in [0.1, 0.15) is 38.7 Å². The van der Waals surface area contributed by atoms with Gasteiger partial charge in [-0.25, -0.2) is 13.8 Å². The summed E-state index contributed by atoms with van der Waals surface area (Å²) in [5.74, 6) is -1.90. The topological polar surface area (TPSA) is 140 Å². The van der Waals surface area contributed by atoms with Crippen molar-refractivity contribution in [3.05, 3.63) is 60.4 Å². The summed E-state index contributed by atoms with van der Waals surface area (Å²) in [5.41, 5.74) is 5.96. The number of hydrazine groups is 1. The quantitative estimate of drug-likeness (QED) is 0.137. The highest BCUT2D eigenvalue weighted by molar-refractivity contribution is 6.02. The first-order valence-corrected chi connectivity index (χ1v) is 14.3. The van der Waals surface area contributed by atoms with Crippen molar-refractivity contribution in [3.63, 3.8) is 0 Å². The van der Waals surface area contributed by atoms with Crippen molar-refractivity contribution in [2.75, 3.05) is 66.7 Å². The molecular weight excluding hydrogens is 572 g/mol. The number of nitrogens with zero attached hydrogens (tertiary/aromatic N) is 5. The molecule has 1 fully saturated rings. The maximum Gasteiger partial charge on any atom is 0.247 e. The molecule has 1 aromatic heterocycles. The third-order valence-electron chi connectivity index (χ3n) is 7.22. The lowest BCUT2D eigenvalue weighted by Crippen LogP contribution is -2.36. The second-order valence-corrected chi connectivity index (χ2v) is 11.0. The molecule has 236 valence electrons. The minimum absolute atomic E-state index is 0.0437. The van der Waals surface area contributed by atoms with Gasteiger partial charge in [0.05, 0.1) is 35.5 Å². The first-order valence-electron chi connectivity index (χ1n) is 14.3. The van der Waals surface area contributed by atoms with E-state index in [0.29, 0.717) is 17.1 Å². The number of anilines is 6. The number of likely N-dealkylation sites (tertiary alicyclic amines) is 1. The van der Waals surface area contributed by atoms with Gasteiger partial charge in [-0.3, -0.25) is 15.6 Å². The summed E-state index contributed by atoms with van der Waals surface area (Å²) in [4.78, 5) is 29.4. The Kier molecular flexibility index (Phi) is 10.5. The highest BCUT2D eigenvalue weighted by atomic mass is 19.2. The number of hydrogen-bond donors (Lipinski definition) is 5. The number of methoxy groups -OCH3 is 1. The lowest BCUT2D eigenvalue weighted by molar-refractivity contribution is -0.111. The Morgan fingerprint density at radius 2 is 1.77 bits per heavy atom. The summed E-state index contributed by atoms with van der Waals surface area (Å²) in [6.07, 6.45) is 6.12. The third-order valence-corrected chi connectivity index (χ3v) is 7.22. The molecular formula is C30H39F2N9O3. The van der Waals surface area contributed by atoms with E-state index in [1.165, 1.54) is 52.6 Å². The van der Waals surface area contributed by atoms with Gasteiger partial charge in [0, 0.05) is 37.8 Å². The Balaban J connectivity index is 1.55. The van der Waals surface area contributed by atoms with Crippen molar-refractivity contribution < 1.29 is 23.4 Å². The van der Waals surface area contributed by atoms with E-state index < -0.39 is 17.2 Å². The lowest BCUT2D eigenvalue weighted by Gasteiger charge is -2.30. The van der Waals surface area contributed by atoms with E-state index in [2.05, 4.69) is 52.8 Å².